The van der Waals surface area contributed by atoms with Crippen molar-refractivity contribution in [1.29, 1.82) is 0 Å². The van der Waals surface area contributed by atoms with Gasteiger partial charge in [0, 0.05) is 44.6 Å². The zero-order chi connectivity index (χ0) is 14.8. The smallest absolute Gasteiger partial charge is 0.225 e. The molecule has 1 aromatic heterocycles. The molecule has 2 heterocycles. The highest BCUT2D eigenvalue weighted by molar-refractivity contribution is 5.50. The van der Waals surface area contributed by atoms with E-state index >= 15 is 0 Å². The van der Waals surface area contributed by atoms with Crippen LogP contribution in [0.3, 0.4) is 0 Å². The molecule has 0 spiro atoms. The lowest BCUT2D eigenvalue weighted by atomic mass is 10.2. The molecule has 6 heteroatoms. The highest BCUT2D eigenvalue weighted by Crippen LogP contribution is 2.22. The minimum absolute atomic E-state index is 0.319. The molecule has 0 saturated carbocycles. The van der Waals surface area contributed by atoms with Gasteiger partial charge >= 0.3 is 0 Å². The predicted molar refractivity (Wildman–Crippen MR) is 77.6 cm³/mol. The van der Waals surface area contributed by atoms with Gasteiger partial charge in [-0.05, 0) is 24.6 Å². The Bertz CT molecular complexity index is 622. The first-order valence-corrected chi connectivity index (χ1v) is 6.87. The molecule has 1 aliphatic heterocycles. The van der Waals surface area contributed by atoms with Crippen LogP contribution in [0.5, 0.6) is 0 Å². The van der Waals surface area contributed by atoms with Gasteiger partial charge in [-0.3, -0.25) is 0 Å². The summed E-state index contributed by atoms with van der Waals surface area (Å²) in [6, 6.07) is 3.54. The van der Waals surface area contributed by atoms with Crippen molar-refractivity contribution >= 4 is 11.6 Å². The first kappa shape index (κ1) is 13.7. The van der Waals surface area contributed by atoms with Crippen LogP contribution in [-0.2, 0) is 0 Å². The number of hydrogen-bond donors (Lipinski definition) is 0. The summed E-state index contributed by atoms with van der Waals surface area (Å²) in [5, 5.41) is 0. The van der Waals surface area contributed by atoms with Crippen molar-refractivity contribution in [1.82, 2.24) is 9.97 Å². The second-order valence-electron chi connectivity index (χ2n) is 5.13. The molecular weight excluding hydrogens is 274 g/mol. The Hall–Kier alpha value is -2.24. The highest BCUT2D eigenvalue weighted by atomic mass is 19.1. The topological polar surface area (TPSA) is 32.3 Å². The first-order chi connectivity index (χ1) is 10.1. The van der Waals surface area contributed by atoms with E-state index in [0.29, 0.717) is 37.8 Å². The van der Waals surface area contributed by atoms with Crippen molar-refractivity contribution in [3.63, 3.8) is 0 Å². The molecule has 4 nitrogen and oxygen atoms in total. The highest BCUT2D eigenvalue weighted by Gasteiger charge is 2.21. The van der Waals surface area contributed by atoms with Gasteiger partial charge in [0.25, 0.3) is 0 Å². The molecule has 0 atom stereocenters. The number of hydrogen-bond acceptors (Lipinski definition) is 4. The van der Waals surface area contributed by atoms with E-state index in [-0.39, 0.29) is 0 Å². The molecule has 0 amide bonds. The Balaban J connectivity index is 1.70. The van der Waals surface area contributed by atoms with E-state index in [0.717, 1.165) is 11.6 Å². The van der Waals surface area contributed by atoms with Crippen molar-refractivity contribution in [3.8, 4) is 0 Å². The number of halogens is 2. The number of anilines is 2. The van der Waals surface area contributed by atoms with E-state index < -0.39 is 11.6 Å². The molecule has 0 radical (unpaired) electrons. The van der Waals surface area contributed by atoms with Crippen LogP contribution in [0.15, 0.2) is 30.6 Å². The summed E-state index contributed by atoms with van der Waals surface area (Å²) in [5.41, 5.74) is 1.33. The van der Waals surface area contributed by atoms with Gasteiger partial charge in [0.05, 0.1) is 5.69 Å². The van der Waals surface area contributed by atoms with Crippen LogP contribution in [0, 0.1) is 18.6 Å². The van der Waals surface area contributed by atoms with Crippen LogP contribution >= 0.6 is 0 Å². The van der Waals surface area contributed by atoms with Crippen LogP contribution < -0.4 is 9.80 Å². The summed E-state index contributed by atoms with van der Waals surface area (Å²) in [4.78, 5) is 12.5. The average molecular weight is 290 g/mol. The van der Waals surface area contributed by atoms with E-state index in [9.17, 15) is 8.78 Å². The number of aryl methyl sites for hydroxylation is 1. The number of benzene rings is 1. The van der Waals surface area contributed by atoms with Gasteiger partial charge in [-0.15, -0.1) is 0 Å². The van der Waals surface area contributed by atoms with Gasteiger partial charge < -0.3 is 9.80 Å². The minimum Gasteiger partial charge on any atom is -0.366 e. The lowest BCUT2D eigenvalue weighted by Gasteiger charge is -2.36. The van der Waals surface area contributed by atoms with Crippen LogP contribution in [0.25, 0.3) is 0 Å². The molecule has 1 fully saturated rings. The normalized spacial score (nSPS) is 15.4. The van der Waals surface area contributed by atoms with Crippen LogP contribution in [0.2, 0.25) is 0 Å². The molecule has 110 valence electrons. The molecule has 3 rings (SSSR count). The summed E-state index contributed by atoms with van der Waals surface area (Å²) in [5.74, 6) is -0.132. The number of rotatable bonds is 2. The zero-order valence-corrected chi connectivity index (χ0v) is 11.8. The van der Waals surface area contributed by atoms with Gasteiger partial charge in [0.2, 0.25) is 5.95 Å². The van der Waals surface area contributed by atoms with Crippen molar-refractivity contribution in [3.05, 3.63) is 47.8 Å². The minimum atomic E-state index is -0.421. The maximum absolute atomic E-state index is 13.8. The second-order valence-corrected chi connectivity index (χ2v) is 5.13. The standard InChI is InChI=1S/C15H16F2N4/c1-11-9-18-15(19-10-11)21-6-4-20(5-7-21)14-8-12(16)2-3-13(14)17/h2-3,8-10H,4-7H2,1H3. The first-order valence-electron chi connectivity index (χ1n) is 6.87. The molecule has 2 aromatic rings. The molecule has 1 saturated heterocycles. The Kier molecular flexibility index (Phi) is 3.68. The average Bonchev–Trinajstić information content (AvgIpc) is 2.51. The van der Waals surface area contributed by atoms with Crippen molar-refractivity contribution in [2.75, 3.05) is 36.0 Å². The van der Waals surface area contributed by atoms with E-state index in [1.165, 1.54) is 12.1 Å². The Morgan fingerprint density at radius 3 is 2.24 bits per heavy atom. The summed E-state index contributed by atoms with van der Waals surface area (Å²) in [6.07, 6.45) is 3.56. The molecule has 0 aliphatic carbocycles. The van der Waals surface area contributed by atoms with Gasteiger partial charge in [-0.2, -0.15) is 0 Å². The largest absolute Gasteiger partial charge is 0.366 e. The summed E-state index contributed by atoms with van der Waals surface area (Å²) >= 11 is 0. The molecule has 1 aromatic carbocycles. The third kappa shape index (κ3) is 2.94. The maximum atomic E-state index is 13.8. The summed E-state index contributed by atoms with van der Waals surface area (Å²) < 4.78 is 27.0. The summed E-state index contributed by atoms with van der Waals surface area (Å²) in [7, 11) is 0. The Morgan fingerprint density at radius 2 is 1.57 bits per heavy atom. The molecule has 0 bridgehead atoms. The SMILES string of the molecule is Cc1cnc(N2CCN(c3cc(F)ccc3F)CC2)nc1. The number of aromatic nitrogens is 2. The quantitative estimate of drug-likeness (QED) is 0.850. The van der Waals surface area contributed by atoms with Crippen molar-refractivity contribution < 1.29 is 8.78 Å². The van der Waals surface area contributed by atoms with Crippen LogP contribution in [-0.4, -0.2) is 36.1 Å². The monoisotopic (exact) mass is 290 g/mol. The van der Waals surface area contributed by atoms with E-state index in [1.54, 1.807) is 12.4 Å². The fourth-order valence-electron chi connectivity index (χ4n) is 2.42. The van der Waals surface area contributed by atoms with Gasteiger partial charge in [0.15, 0.2) is 0 Å². The van der Waals surface area contributed by atoms with E-state index in [2.05, 4.69) is 9.97 Å². The van der Waals surface area contributed by atoms with Crippen LogP contribution in [0.1, 0.15) is 5.56 Å². The molecule has 21 heavy (non-hydrogen) atoms. The van der Waals surface area contributed by atoms with E-state index in [1.807, 2.05) is 16.7 Å². The lowest BCUT2D eigenvalue weighted by molar-refractivity contribution is 0.578. The fourth-order valence-corrected chi connectivity index (χ4v) is 2.42. The van der Waals surface area contributed by atoms with Crippen LogP contribution in [0.4, 0.5) is 20.4 Å². The maximum Gasteiger partial charge on any atom is 0.225 e. The van der Waals surface area contributed by atoms with E-state index in [4.69, 9.17) is 0 Å². The Labute approximate surface area is 122 Å². The molecule has 0 unspecified atom stereocenters. The number of nitrogens with zero attached hydrogens (tertiary/aromatic N) is 4. The van der Waals surface area contributed by atoms with Gasteiger partial charge in [0.1, 0.15) is 11.6 Å². The number of piperazine rings is 1. The Morgan fingerprint density at radius 1 is 0.952 bits per heavy atom. The van der Waals surface area contributed by atoms with Crippen molar-refractivity contribution in [2.24, 2.45) is 0 Å². The zero-order valence-electron chi connectivity index (χ0n) is 11.8. The van der Waals surface area contributed by atoms with Crippen molar-refractivity contribution in [2.45, 2.75) is 6.92 Å². The molecular formula is C15H16F2N4. The third-order valence-corrected chi connectivity index (χ3v) is 3.58. The predicted octanol–water partition coefficient (Wildman–Crippen LogP) is 2.39. The van der Waals surface area contributed by atoms with Gasteiger partial charge in [-0.25, -0.2) is 18.7 Å². The van der Waals surface area contributed by atoms with Gasteiger partial charge in [-0.1, -0.05) is 0 Å². The molecule has 0 N–H and O–H groups in total. The third-order valence-electron chi connectivity index (χ3n) is 3.58. The molecule has 1 aliphatic rings. The summed E-state index contributed by atoms with van der Waals surface area (Å²) in [6.45, 7) is 4.52. The second kappa shape index (κ2) is 5.63. The lowest BCUT2D eigenvalue weighted by Crippen LogP contribution is -2.47. The fraction of sp³-hybridized carbons (Fsp3) is 0.333.